The van der Waals surface area contributed by atoms with Crippen LogP contribution in [0.15, 0.2) is 22.7 Å². The molecule has 1 aliphatic rings. The van der Waals surface area contributed by atoms with Crippen molar-refractivity contribution >= 4 is 33.7 Å². The molecule has 1 aromatic carbocycles. The van der Waals surface area contributed by atoms with Crippen LogP contribution in [0.1, 0.15) is 28.8 Å². The Morgan fingerprint density at radius 3 is 2.79 bits per heavy atom. The van der Waals surface area contributed by atoms with E-state index >= 15 is 0 Å². The summed E-state index contributed by atoms with van der Waals surface area (Å²) in [7, 11) is 1.39. The monoisotopic (exact) mass is 343 g/mol. The molecule has 1 aromatic rings. The molecule has 1 N–H and O–H groups in total. The van der Waals surface area contributed by atoms with E-state index in [1.165, 1.54) is 20.0 Å². The minimum absolute atomic E-state index is 0.306. The van der Waals surface area contributed by atoms with Crippen LogP contribution < -0.4 is 5.32 Å². The summed E-state index contributed by atoms with van der Waals surface area (Å²) in [5, 5.41) is 3.49. The Labute approximate surface area is 126 Å². The number of nitrogens with one attached hydrogen (secondary N) is 1. The highest BCUT2D eigenvalue weighted by Crippen LogP contribution is 2.46. The summed E-state index contributed by atoms with van der Waals surface area (Å²) in [6, 6.07) is 5.57. The summed E-state index contributed by atoms with van der Waals surface area (Å²) in [5.74, 6) is -0.306. The highest BCUT2D eigenvalue weighted by Gasteiger charge is 2.41. The summed E-state index contributed by atoms with van der Waals surface area (Å²) in [6.07, 6.45) is 4.79. The van der Waals surface area contributed by atoms with E-state index in [0.717, 1.165) is 23.1 Å². The molecule has 1 saturated carbocycles. The van der Waals surface area contributed by atoms with Crippen LogP contribution >= 0.6 is 27.7 Å². The normalized spacial score (nSPS) is 16.2. The highest BCUT2D eigenvalue weighted by atomic mass is 79.9. The molecule has 0 amide bonds. The molecule has 19 heavy (non-hydrogen) atoms. The number of rotatable bonds is 6. The summed E-state index contributed by atoms with van der Waals surface area (Å²) in [5.41, 5.74) is 1.73. The van der Waals surface area contributed by atoms with Gasteiger partial charge in [0, 0.05) is 22.3 Å². The second kappa shape index (κ2) is 6.29. The Kier molecular flexibility index (Phi) is 4.92. The van der Waals surface area contributed by atoms with Gasteiger partial charge >= 0.3 is 5.97 Å². The van der Waals surface area contributed by atoms with E-state index in [-0.39, 0.29) is 5.97 Å². The molecule has 1 fully saturated rings. The summed E-state index contributed by atoms with van der Waals surface area (Å²) < 4.78 is 6.11. The molecule has 3 nitrogen and oxygen atoms in total. The fraction of sp³-hybridized carbons (Fsp3) is 0.500. The average molecular weight is 344 g/mol. The first kappa shape index (κ1) is 14.9. The third kappa shape index (κ3) is 3.74. The number of esters is 1. The molecule has 0 atom stereocenters. The van der Waals surface area contributed by atoms with Crippen LogP contribution in [0.5, 0.6) is 0 Å². The van der Waals surface area contributed by atoms with Crippen LogP contribution in [0, 0.1) is 0 Å². The molecule has 5 heteroatoms. The van der Waals surface area contributed by atoms with Crippen molar-refractivity contribution in [3.8, 4) is 0 Å². The SMILES string of the molecule is COC(=O)c1ccc(CNCC2(SC)CC2)c(Br)c1. The van der Waals surface area contributed by atoms with Crippen LogP contribution in [0.25, 0.3) is 0 Å². The number of hydrogen-bond donors (Lipinski definition) is 1. The minimum atomic E-state index is -0.306. The molecule has 2 rings (SSSR count). The Morgan fingerprint density at radius 1 is 1.53 bits per heavy atom. The van der Waals surface area contributed by atoms with Gasteiger partial charge in [-0.1, -0.05) is 22.0 Å². The molecule has 104 valence electrons. The zero-order valence-electron chi connectivity index (χ0n) is 11.2. The molecule has 0 aromatic heterocycles. The smallest absolute Gasteiger partial charge is 0.337 e. The fourth-order valence-electron chi connectivity index (χ4n) is 1.95. The van der Waals surface area contributed by atoms with Crippen molar-refractivity contribution in [1.82, 2.24) is 5.32 Å². The van der Waals surface area contributed by atoms with Gasteiger partial charge in [-0.15, -0.1) is 0 Å². The number of carbonyl (C=O) groups excluding carboxylic acids is 1. The van der Waals surface area contributed by atoms with Gasteiger partial charge in [0.2, 0.25) is 0 Å². The van der Waals surface area contributed by atoms with Crippen LogP contribution in [-0.2, 0) is 11.3 Å². The second-order valence-electron chi connectivity index (χ2n) is 4.79. The largest absolute Gasteiger partial charge is 0.465 e. The maximum Gasteiger partial charge on any atom is 0.337 e. The van der Waals surface area contributed by atoms with Gasteiger partial charge in [0.05, 0.1) is 12.7 Å². The number of thioether (sulfide) groups is 1. The molecule has 1 aliphatic carbocycles. The zero-order chi connectivity index (χ0) is 13.9. The molecule has 0 bridgehead atoms. The standard InChI is InChI=1S/C14H18BrNO2S/c1-18-13(17)10-3-4-11(12(15)7-10)8-16-9-14(19-2)5-6-14/h3-4,7,16H,5-6,8-9H2,1-2H3. The lowest BCUT2D eigenvalue weighted by Gasteiger charge is -2.14. The van der Waals surface area contributed by atoms with Crippen molar-refractivity contribution in [2.45, 2.75) is 24.1 Å². The van der Waals surface area contributed by atoms with Crippen molar-refractivity contribution in [3.05, 3.63) is 33.8 Å². The lowest BCUT2D eigenvalue weighted by Crippen LogP contribution is -2.25. The van der Waals surface area contributed by atoms with E-state index in [1.54, 1.807) is 6.07 Å². The van der Waals surface area contributed by atoms with E-state index in [2.05, 4.69) is 27.5 Å². The molecular formula is C14H18BrNO2S. The summed E-state index contributed by atoms with van der Waals surface area (Å²) in [6.45, 7) is 1.85. The van der Waals surface area contributed by atoms with E-state index in [0.29, 0.717) is 10.3 Å². The van der Waals surface area contributed by atoms with Crippen LogP contribution in [0.3, 0.4) is 0 Å². The molecule has 0 radical (unpaired) electrons. The topological polar surface area (TPSA) is 38.3 Å². The van der Waals surface area contributed by atoms with Crippen molar-refractivity contribution in [2.24, 2.45) is 0 Å². The zero-order valence-corrected chi connectivity index (χ0v) is 13.6. The maximum atomic E-state index is 11.4. The predicted molar refractivity (Wildman–Crippen MR) is 82.7 cm³/mol. The van der Waals surface area contributed by atoms with E-state index in [9.17, 15) is 4.79 Å². The molecule has 0 saturated heterocycles. The van der Waals surface area contributed by atoms with Crippen LogP contribution in [-0.4, -0.2) is 30.6 Å². The molecule has 0 unspecified atom stereocenters. The van der Waals surface area contributed by atoms with Crippen molar-refractivity contribution < 1.29 is 9.53 Å². The number of ether oxygens (including phenoxy) is 1. The van der Waals surface area contributed by atoms with Crippen molar-refractivity contribution in [3.63, 3.8) is 0 Å². The van der Waals surface area contributed by atoms with Gasteiger partial charge < -0.3 is 10.1 Å². The van der Waals surface area contributed by atoms with E-state index in [4.69, 9.17) is 4.74 Å². The first-order valence-electron chi connectivity index (χ1n) is 6.23. The van der Waals surface area contributed by atoms with Gasteiger partial charge in [-0.2, -0.15) is 11.8 Å². The Morgan fingerprint density at radius 2 is 2.26 bits per heavy atom. The first-order valence-corrected chi connectivity index (χ1v) is 8.24. The predicted octanol–water partition coefficient (Wildman–Crippen LogP) is 3.22. The van der Waals surface area contributed by atoms with Gasteiger partial charge in [0.1, 0.15) is 0 Å². The van der Waals surface area contributed by atoms with E-state index < -0.39 is 0 Å². The number of halogens is 1. The van der Waals surface area contributed by atoms with Crippen molar-refractivity contribution in [2.75, 3.05) is 19.9 Å². The number of benzene rings is 1. The minimum Gasteiger partial charge on any atom is -0.465 e. The molecule has 0 heterocycles. The number of methoxy groups -OCH3 is 1. The quantitative estimate of drug-likeness (QED) is 0.805. The van der Waals surface area contributed by atoms with Gasteiger partial charge in [0.15, 0.2) is 0 Å². The third-order valence-electron chi connectivity index (χ3n) is 3.48. The lowest BCUT2D eigenvalue weighted by molar-refractivity contribution is 0.0600. The van der Waals surface area contributed by atoms with Crippen LogP contribution in [0.4, 0.5) is 0 Å². The lowest BCUT2D eigenvalue weighted by atomic mass is 10.1. The number of hydrogen-bond acceptors (Lipinski definition) is 4. The van der Waals surface area contributed by atoms with E-state index in [1.807, 2.05) is 23.9 Å². The number of carbonyl (C=O) groups is 1. The molecule has 0 spiro atoms. The van der Waals surface area contributed by atoms with Gasteiger partial charge in [-0.3, -0.25) is 0 Å². The molecular weight excluding hydrogens is 326 g/mol. The second-order valence-corrected chi connectivity index (χ2v) is 6.92. The Balaban J connectivity index is 1.92. The highest BCUT2D eigenvalue weighted by molar-refractivity contribution is 9.10. The average Bonchev–Trinajstić information content (AvgIpc) is 3.20. The fourth-order valence-corrected chi connectivity index (χ4v) is 3.23. The Hall–Kier alpha value is -0.520. The first-order chi connectivity index (χ1) is 9.10. The van der Waals surface area contributed by atoms with Gasteiger partial charge in [-0.25, -0.2) is 4.79 Å². The van der Waals surface area contributed by atoms with Crippen LogP contribution in [0.2, 0.25) is 0 Å². The molecule has 0 aliphatic heterocycles. The van der Waals surface area contributed by atoms with Gasteiger partial charge in [-0.05, 0) is 36.8 Å². The summed E-state index contributed by atoms with van der Waals surface area (Å²) >= 11 is 5.46. The maximum absolute atomic E-state index is 11.4. The summed E-state index contributed by atoms with van der Waals surface area (Å²) in [4.78, 5) is 11.4. The Bertz CT molecular complexity index is 475. The van der Waals surface area contributed by atoms with Crippen molar-refractivity contribution in [1.29, 1.82) is 0 Å². The van der Waals surface area contributed by atoms with Gasteiger partial charge in [0.25, 0.3) is 0 Å². The third-order valence-corrected chi connectivity index (χ3v) is 5.63.